The number of ether oxygens (including phenoxy) is 2. The van der Waals surface area contributed by atoms with Crippen molar-refractivity contribution in [2.45, 2.75) is 0 Å². The molecule has 0 fully saturated rings. The normalized spacial score (nSPS) is 10.2. The zero-order valence-electron chi connectivity index (χ0n) is 11.6. The fourth-order valence-electron chi connectivity index (χ4n) is 1.92. The van der Waals surface area contributed by atoms with E-state index in [2.05, 4.69) is 32.0 Å². The number of rotatable bonds is 4. The van der Waals surface area contributed by atoms with Crippen LogP contribution in [0.2, 0.25) is 0 Å². The average molecular weight is 418 g/mol. The van der Waals surface area contributed by atoms with Gasteiger partial charge in [-0.25, -0.2) is 0 Å². The van der Waals surface area contributed by atoms with Crippen LogP contribution in [0.3, 0.4) is 0 Å². The van der Waals surface area contributed by atoms with Crippen LogP contribution in [0.4, 0.5) is 0 Å². The second-order valence-corrected chi connectivity index (χ2v) is 6.26. The van der Waals surface area contributed by atoms with Gasteiger partial charge in [-0.05, 0) is 0 Å². The van der Waals surface area contributed by atoms with Gasteiger partial charge in [0.05, 0.1) is 0 Å². The monoisotopic (exact) mass is 420 g/mol. The maximum atomic E-state index is 5.89. The Labute approximate surface area is 146 Å². The van der Waals surface area contributed by atoms with E-state index >= 15 is 0 Å². The van der Waals surface area contributed by atoms with Crippen LogP contribution in [0.5, 0.6) is 23.0 Å². The Morgan fingerprint density at radius 1 is 0.500 bits per heavy atom. The quantitative estimate of drug-likeness (QED) is 0.607. The topological polar surface area (TPSA) is 18.5 Å². The molecule has 0 saturated heterocycles. The van der Waals surface area contributed by atoms with Gasteiger partial charge in [0.2, 0.25) is 0 Å². The van der Waals surface area contributed by atoms with Crippen molar-refractivity contribution in [3.63, 3.8) is 0 Å². The van der Waals surface area contributed by atoms with Crippen LogP contribution in [-0.2, 0) is 0 Å². The van der Waals surface area contributed by atoms with Crippen LogP contribution in [0.15, 0.2) is 72.8 Å². The molecule has 0 aliphatic heterocycles. The second-order valence-electron chi connectivity index (χ2n) is 4.55. The molecule has 4 heteroatoms. The van der Waals surface area contributed by atoms with Crippen LogP contribution < -0.4 is 18.4 Å². The average Bonchev–Trinajstić information content (AvgIpc) is 2.56. The van der Waals surface area contributed by atoms with E-state index in [0.717, 1.165) is 31.9 Å². The van der Waals surface area contributed by atoms with Gasteiger partial charge in [-0.2, -0.15) is 0 Å². The maximum absolute atomic E-state index is 5.89. The van der Waals surface area contributed by atoms with E-state index in [-0.39, 0.29) is 0 Å². The minimum atomic E-state index is 0.764. The summed E-state index contributed by atoms with van der Waals surface area (Å²) in [6.07, 6.45) is 0. The summed E-state index contributed by atoms with van der Waals surface area (Å²) in [5.74, 6) is 3.13. The van der Waals surface area contributed by atoms with Gasteiger partial charge < -0.3 is 0 Å². The van der Waals surface area contributed by atoms with E-state index < -0.39 is 0 Å². The molecule has 0 aliphatic carbocycles. The summed E-state index contributed by atoms with van der Waals surface area (Å²) in [7, 11) is 0. The summed E-state index contributed by atoms with van der Waals surface area (Å²) in [6, 6.07) is 23.2. The molecular weight excluding hydrogens is 406 g/mol. The molecule has 3 aromatic rings. The van der Waals surface area contributed by atoms with Crippen molar-refractivity contribution in [3.8, 4) is 23.0 Å². The molecule has 0 atom stereocenters. The van der Waals surface area contributed by atoms with Crippen molar-refractivity contribution in [2.24, 2.45) is 0 Å². The van der Waals surface area contributed by atoms with Crippen LogP contribution in [-0.4, -0.2) is 32.0 Å². The van der Waals surface area contributed by atoms with E-state index in [0.29, 0.717) is 0 Å². The Bertz CT molecular complexity index is 692. The zero-order chi connectivity index (χ0) is 15.4. The van der Waals surface area contributed by atoms with Crippen molar-refractivity contribution in [1.29, 1.82) is 0 Å². The number of hydrogen-bond acceptors (Lipinski definition) is 2. The molecule has 3 rings (SSSR count). The van der Waals surface area contributed by atoms with E-state index in [1.54, 1.807) is 0 Å². The minimum absolute atomic E-state index is 0.764. The first kappa shape index (κ1) is 15.2. The van der Waals surface area contributed by atoms with Crippen LogP contribution >= 0.6 is 0 Å². The number of benzene rings is 3. The third-order valence-electron chi connectivity index (χ3n) is 2.98. The molecule has 0 amide bonds. The fourth-order valence-corrected chi connectivity index (χ4v) is 2.80. The van der Waals surface area contributed by atoms with Gasteiger partial charge in [0.15, 0.2) is 0 Å². The van der Waals surface area contributed by atoms with Crippen molar-refractivity contribution < 1.29 is 9.47 Å². The second kappa shape index (κ2) is 7.04. The van der Waals surface area contributed by atoms with E-state index in [9.17, 15) is 0 Å². The van der Waals surface area contributed by atoms with Gasteiger partial charge in [-0.1, -0.05) is 0 Å². The molecule has 0 aliphatic rings. The first-order chi connectivity index (χ1) is 10.7. The molecule has 0 aromatic heterocycles. The molecule has 0 N–H and O–H groups in total. The number of para-hydroxylation sites is 2. The Balaban J connectivity index is 1.85. The molecule has 0 unspecified atom stereocenters. The van der Waals surface area contributed by atoms with Crippen molar-refractivity contribution in [2.75, 3.05) is 0 Å². The first-order valence-electron chi connectivity index (χ1n) is 6.71. The van der Waals surface area contributed by atoms with E-state index in [1.165, 1.54) is 0 Å². The standard InChI is InChI=1S/C18H12O2Se2/c21-17-15(19-13-7-3-1-4-8-13)11-12-16(18(17)22)20-14-9-5-2-6-10-14/h1-12H. The third-order valence-corrected chi connectivity index (χ3v) is 5.34. The summed E-state index contributed by atoms with van der Waals surface area (Å²) in [5.41, 5.74) is 0. The third kappa shape index (κ3) is 3.55. The molecule has 22 heavy (non-hydrogen) atoms. The molecule has 3 aromatic carbocycles. The van der Waals surface area contributed by atoms with Gasteiger partial charge in [-0.3, -0.25) is 0 Å². The molecule has 0 spiro atoms. The van der Waals surface area contributed by atoms with Gasteiger partial charge in [0, 0.05) is 0 Å². The van der Waals surface area contributed by atoms with Crippen molar-refractivity contribution in [3.05, 3.63) is 72.8 Å². The molecule has 0 bridgehead atoms. The predicted molar refractivity (Wildman–Crippen MR) is 90.3 cm³/mol. The fraction of sp³-hybridized carbons (Fsp3) is 0. The molecule has 0 heterocycles. The summed E-state index contributed by atoms with van der Waals surface area (Å²) in [4.78, 5) is 0. The van der Waals surface area contributed by atoms with Gasteiger partial charge >= 0.3 is 146 Å². The zero-order valence-corrected chi connectivity index (χ0v) is 15.0. The summed E-state index contributed by atoms with van der Waals surface area (Å²) >= 11 is 6.10. The van der Waals surface area contributed by atoms with Crippen LogP contribution in [0, 0.1) is 0 Å². The molecule has 2 radical (unpaired) electrons. The molecular formula is C18H12O2Se2. The van der Waals surface area contributed by atoms with Gasteiger partial charge in [0.1, 0.15) is 0 Å². The van der Waals surface area contributed by atoms with Crippen LogP contribution in [0.25, 0.3) is 0 Å². The Hall–Kier alpha value is -1.70. The molecule has 108 valence electrons. The summed E-state index contributed by atoms with van der Waals surface area (Å²) in [6.45, 7) is 0. The van der Waals surface area contributed by atoms with Gasteiger partial charge in [-0.15, -0.1) is 0 Å². The van der Waals surface area contributed by atoms with Gasteiger partial charge in [0.25, 0.3) is 0 Å². The molecule has 0 saturated carbocycles. The Kier molecular flexibility index (Phi) is 4.86. The summed E-state index contributed by atoms with van der Waals surface area (Å²) < 4.78 is 13.6. The Morgan fingerprint density at radius 3 is 1.23 bits per heavy atom. The molecule has 2 nitrogen and oxygen atoms in total. The van der Waals surface area contributed by atoms with E-state index in [4.69, 9.17) is 9.47 Å². The SMILES string of the molecule is [Se]c1c(Oc2ccccc2)ccc(Oc2ccccc2)c1[Se]. The van der Waals surface area contributed by atoms with Crippen molar-refractivity contribution >= 4 is 40.9 Å². The predicted octanol–water partition coefficient (Wildman–Crippen LogP) is 2.86. The first-order valence-corrected chi connectivity index (χ1v) is 8.42. The van der Waals surface area contributed by atoms with Crippen LogP contribution in [0.1, 0.15) is 0 Å². The van der Waals surface area contributed by atoms with Crippen molar-refractivity contribution in [1.82, 2.24) is 0 Å². The summed E-state index contributed by atoms with van der Waals surface area (Å²) in [5, 5.41) is 0. The van der Waals surface area contributed by atoms with E-state index in [1.807, 2.05) is 72.8 Å². The Morgan fingerprint density at radius 2 is 0.864 bits per heavy atom. The number of hydrogen-bond donors (Lipinski definition) is 0.